The van der Waals surface area contributed by atoms with Crippen LogP contribution >= 0.6 is 0 Å². The van der Waals surface area contributed by atoms with E-state index in [2.05, 4.69) is 20.0 Å². The van der Waals surface area contributed by atoms with Crippen LogP contribution in [-0.4, -0.2) is 71.9 Å². The lowest BCUT2D eigenvalue weighted by atomic mass is 10.1. The first kappa shape index (κ1) is 15.8. The van der Waals surface area contributed by atoms with Gasteiger partial charge < -0.3 is 23.8 Å². The summed E-state index contributed by atoms with van der Waals surface area (Å²) < 4.78 is 16.0. The van der Waals surface area contributed by atoms with Gasteiger partial charge in [-0.05, 0) is 11.2 Å². The first-order valence-corrected chi connectivity index (χ1v) is 8.18. The van der Waals surface area contributed by atoms with Crippen LogP contribution in [0.3, 0.4) is 0 Å². The Kier molecular flexibility index (Phi) is 4.22. The van der Waals surface area contributed by atoms with E-state index in [1.54, 1.807) is 23.4 Å². The Morgan fingerprint density at radius 1 is 1.28 bits per heavy atom. The van der Waals surface area contributed by atoms with Crippen molar-refractivity contribution in [2.24, 2.45) is 5.92 Å². The lowest BCUT2D eigenvalue weighted by Crippen LogP contribution is -2.34. The predicted molar refractivity (Wildman–Crippen MR) is 86.4 cm³/mol. The number of anilines is 1. The average molecular weight is 345 g/mol. The summed E-state index contributed by atoms with van der Waals surface area (Å²) in [5, 5.41) is 3.68. The van der Waals surface area contributed by atoms with Crippen molar-refractivity contribution in [2.75, 3.05) is 44.8 Å². The fourth-order valence-corrected chi connectivity index (χ4v) is 3.31. The maximum absolute atomic E-state index is 12.6. The molecule has 0 N–H and O–H groups in total. The fourth-order valence-electron chi connectivity index (χ4n) is 3.31. The summed E-state index contributed by atoms with van der Waals surface area (Å²) in [6.45, 7) is 3.20. The van der Waals surface area contributed by atoms with Gasteiger partial charge in [-0.25, -0.2) is 9.97 Å². The number of carbonyl (C=O) groups excluding carboxylic acids is 1. The number of hydrogen-bond acceptors (Lipinski definition) is 8. The van der Waals surface area contributed by atoms with Gasteiger partial charge in [-0.15, -0.1) is 0 Å². The highest BCUT2D eigenvalue weighted by molar-refractivity contribution is 5.91. The molecule has 2 atom stereocenters. The summed E-state index contributed by atoms with van der Waals surface area (Å²) >= 11 is 0. The van der Waals surface area contributed by atoms with Crippen molar-refractivity contribution in [1.82, 2.24) is 20.0 Å². The van der Waals surface area contributed by atoms with E-state index < -0.39 is 0 Å². The molecular weight excluding hydrogens is 326 g/mol. The fraction of sp³-hybridized carbons (Fsp3) is 0.500. The van der Waals surface area contributed by atoms with Crippen LogP contribution in [0.1, 0.15) is 10.6 Å². The first-order chi connectivity index (χ1) is 12.2. The molecule has 0 radical (unpaired) electrons. The van der Waals surface area contributed by atoms with Crippen molar-refractivity contribution in [3.8, 4) is 5.88 Å². The summed E-state index contributed by atoms with van der Waals surface area (Å²) in [6.07, 6.45) is 3.46. The Morgan fingerprint density at radius 2 is 2.12 bits per heavy atom. The van der Waals surface area contributed by atoms with E-state index in [1.165, 1.54) is 13.2 Å². The van der Waals surface area contributed by atoms with E-state index in [4.69, 9.17) is 14.0 Å². The van der Waals surface area contributed by atoms with Crippen LogP contribution in [0.5, 0.6) is 5.88 Å². The third-order valence-electron chi connectivity index (χ3n) is 4.56. The van der Waals surface area contributed by atoms with Crippen LogP contribution in [0.15, 0.2) is 29.0 Å². The Morgan fingerprint density at radius 3 is 2.88 bits per heavy atom. The van der Waals surface area contributed by atoms with E-state index >= 15 is 0 Å². The van der Waals surface area contributed by atoms with Crippen molar-refractivity contribution in [2.45, 2.75) is 6.10 Å². The van der Waals surface area contributed by atoms with Gasteiger partial charge in [-0.2, -0.15) is 0 Å². The molecule has 9 heteroatoms. The Bertz CT molecular complexity index is 737. The number of nitrogens with zero attached hydrogens (tertiary/aromatic N) is 5. The van der Waals surface area contributed by atoms with Crippen LogP contribution in [0, 0.1) is 5.92 Å². The van der Waals surface area contributed by atoms with Crippen molar-refractivity contribution >= 4 is 11.9 Å². The standard InChI is InChI=1S/C16H19N5O4/c1-23-14-7-12(25-19-14)15(22)21-9-11-8-20(5-6-24-13(11)10-21)16-17-3-2-4-18-16/h2-4,7,11,13H,5-6,8-10H2,1H3/t11-,13+/m0/s1. The Labute approximate surface area is 144 Å². The molecule has 1 amide bonds. The average Bonchev–Trinajstić information content (AvgIpc) is 3.24. The number of methoxy groups -OCH3 is 1. The highest BCUT2D eigenvalue weighted by atomic mass is 16.5. The maximum atomic E-state index is 12.6. The lowest BCUT2D eigenvalue weighted by molar-refractivity contribution is 0.0488. The van der Waals surface area contributed by atoms with Gasteiger partial charge in [0.2, 0.25) is 11.7 Å². The Hall–Kier alpha value is -2.68. The molecule has 0 saturated carbocycles. The van der Waals surface area contributed by atoms with Gasteiger partial charge in [0.15, 0.2) is 0 Å². The molecule has 25 heavy (non-hydrogen) atoms. The van der Waals surface area contributed by atoms with Gasteiger partial charge in [0.1, 0.15) is 0 Å². The molecule has 2 aromatic heterocycles. The second-order valence-corrected chi connectivity index (χ2v) is 6.11. The highest BCUT2D eigenvalue weighted by Gasteiger charge is 2.40. The number of rotatable bonds is 3. The van der Waals surface area contributed by atoms with E-state index in [1.807, 2.05) is 0 Å². The molecule has 132 valence electrons. The quantitative estimate of drug-likeness (QED) is 0.791. The molecular formula is C16H19N5O4. The molecule has 0 aliphatic carbocycles. The minimum atomic E-state index is -0.199. The van der Waals surface area contributed by atoms with Gasteiger partial charge in [0.05, 0.1) is 25.9 Å². The highest BCUT2D eigenvalue weighted by Crippen LogP contribution is 2.26. The molecule has 4 heterocycles. The van der Waals surface area contributed by atoms with Gasteiger partial charge >= 0.3 is 0 Å². The van der Waals surface area contributed by atoms with Crippen molar-refractivity contribution in [3.63, 3.8) is 0 Å². The first-order valence-electron chi connectivity index (χ1n) is 8.18. The van der Waals surface area contributed by atoms with Crippen LogP contribution in [0.25, 0.3) is 0 Å². The predicted octanol–water partition coefficient (Wildman–Crippen LogP) is 0.451. The number of fused-ring (bicyclic) bond motifs is 1. The molecule has 9 nitrogen and oxygen atoms in total. The molecule has 0 bridgehead atoms. The number of amides is 1. The lowest BCUT2D eigenvalue weighted by Gasteiger charge is -2.23. The summed E-state index contributed by atoms with van der Waals surface area (Å²) in [4.78, 5) is 25.1. The van der Waals surface area contributed by atoms with Crippen LogP contribution < -0.4 is 9.64 Å². The van der Waals surface area contributed by atoms with Crippen molar-refractivity contribution in [1.29, 1.82) is 0 Å². The number of aromatic nitrogens is 3. The zero-order valence-electron chi connectivity index (χ0n) is 13.9. The molecule has 2 saturated heterocycles. The smallest absolute Gasteiger partial charge is 0.292 e. The van der Waals surface area contributed by atoms with Crippen LogP contribution in [0.4, 0.5) is 5.95 Å². The minimum absolute atomic E-state index is 0.00230. The summed E-state index contributed by atoms with van der Waals surface area (Å²) in [5.74, 6) is 1.16. The number of ether oxygens (including phenoxy) is 2. The van der Waals surface area contributed by atoms with Crippen molar-refractivity contribution in [3.05, 3.63) is 30.3 Å². The molecule has 2 aliphatic heterocycles. The molecule has 2 aromatic rings. The summed E-state index contributed by atoms with van der Waals surface area (Å²) in [7, 11) is 1.48. The van der Waals surface area contributed by atoms with E-state index in [0.717, 1.165) is 13.1 Å². The molecule has 0 unspecified atom stereocenters. The number of hydrogen-bond donors (Lipinski definition) is 0. The van der Waals surface area contributed by atoms with Crippen LogP contribution in [0.2, 0.25) is 0 Å². The molecule has 0 aromatic carbocycles. The second-order valence-electron chi connectivity index (χ2n) is 6.11. The molecule has 4 rings (SSSR count). The van der Waals surface area contributed by atoms with Crippen LogP contribution in [-0.2, 0) is 4.74 Å². The van der Waals surface area contributed by atoms with E-state index in [9.17, 15) is 4.79 Å². The molecule has 2 aliphatic rings. The zero-order valence-corrected chi connectivity index (χ0v) is 13.9. The third kappa shape index (κ3) is 3.14. The largest absolute Gasteiger partial charge is 0.479 e. The third-order valence-corrected chi connectivity index (χ3v) is 4.56. The van der Waals surface area contributed by atoms with Gasteiger partial charge in [-0.1, -0.05) is 0 Å². The molecule has 0 spiro atoms. The normalized spacial score (nSPS) is 23.2. The minimum Gasteiger partial charge on any atom is -0.479 e. The van der Waals surface area contributed by atoms with E-state index in [-0.39, 0.29) is 23.7 Å². The molecule has 2 fully saturated rings. The SMILES string of the molecule is COc1cc(C(=O)N2C[C@@H]3CN(c4ncccn4)CCO[C@@H]3C2)on1. The van der Waals surface area contributed by atoms with Crippen molar-refractivity contribution < 1.29 is 18.8 Å². The van der Waals surface area contributed by atoms with Gasteiger partial charge in [-0.3, -0.25) is 4.79 Å². The Balaban J connectivity index is 1.46. The number of likely N-dealkylation sites (tertiary alicyclic amines) is 1. The van der Waals surface area contributed by atoms with Gasteiger partial charge in [0.25, 0.3) is 11.8 Å². The zero-order chi connectivity index (χ0) is 17.2. The monoisotopic (exact) mass is 345 g/mol. The van der Waals surface area contributed by atoms with Gasteiger partial charge in [0, 0.05) is 44.5 Å². The van der Waals surface area contributed by atoms with E-state index in [0.29, 0.717) is 31.5 Å². The summed E-state index contributed by atoms with van der Waals surface area (Å²) in [5.41, 5.74) is 0. The summed E-state index contributed by atoms with van der Waals surface area (Å²) in [6, 6.07) is 3.30. The maximum Gasteiger partial charge on any atom is 0.292 e. The number of carbonyl (C=O) groups is 1. The topological polar surface area (TPSA) is 93.8 Å². The second kappa shape index (κ2) is 6.67.